The zero-order valence-corrected chi connectivity index (χ0v) is 21.8. The van der Waals surface area contributed by atoms with Gasteiger partial charge in [0.2, 0.25) is 0 Å². The average Bonchev–Trinajstić information content (AvgIpc) is 2.83. The number of ether oxygens (including phenoxy) is 1. The van der Waals surface area contributed by atoms with E-state index in [1.807, 2.05) is 53.4 Å². The lowest BCUT2D eigenvalue weighted by Crippen LogP contribution is -2.49. The van der Waals surface area contributed by atoms with Gasteiger partial charge in [0.1, 0.15) is 6.10 Å². The number of carbonyl (C=O) groups excluding carboxylic acids is 1. The van der Waals surface area contributed by atoms with E-state index in [-0.39, 0.29) is 17.0 Å². The molecule has 33 heavy (non-hydrogen) atoms. The minimum absolute atomic E-state index is 0.0253. The molecule has 2 aromatic rings. The van der Waals surface area contributed by atoms with Crippen molar-refractivity contribution in [2.75, 3.05) is 6.54 Å². The lowest BCUT2D eigenvalue weighted by molar-refractivity contribution is -0.146. The van der Waals surface area contributed by atoms with Crippen LogP contribution in [0.2, 0.25) is 18.1 Å². The largest absolute Gasteiger partial charge is 0.412 e. The summed E-state index contributed by atoms with van der Waals surface area (Å²) in [5.41, 5.74) is 2.19. The van der Waals surface area contributed by atoms with Gasteiger partial charge < -0.3 is 14.1 Å². The molecular weight excluding hydrogens is 426 g/mol. The molecule has 0 unspecified atom stereocenters. The molecule has 178 valence electrons. The van der Waals surface area contributed by atoms with Crippen molar-refractivity contribution in [2.24, 2.45) is 0 Å². The molecule has 0 aliphatic carbocycles. The highest BCUT2D eigenvalue weighted by molar-refractivity contribution is 6.74. The summed E-state index contributed by atoms with van der Waals surface area (Å²) in [5, 5.41) is 0.116. The van der Waals surface area contributed by atoms with E-state index in [0.717, 1.165) is 17.5 Å². The maximum atomic E-state index is 13.7. The van der Waals surface area contributed by atoms with Gasteiger partial charge in [0.15, 0.2) is 8.32 Å². The normalized spacial score (nSPS) is 21.2. The Labute approximate surface area is 200 Å². The quantitative estimate of drug-likeness (QED) is 0.354. The molecule has 2 atom stereocenters. The van der Waals surface area contributed by atoms with Gasteiger partial charge in [-0.25, -0.2) is 0 Å². The van der Waals surface area contributed by atoms with Crippen molar-refractivity contribution >= 4 is 14.2 Å². The molecule has 0 aromatic heterocycles. The SMILES string of the molecule is CC(C)(C)[Si](C)(C)O[C@@H]1C/C=C\C[C@@H](OCc2ccccc2)C(=O)N(Cc2ccccc2)C1. The molecule has 0 saturated carbocycles. The first-order valence-electron chi connectivity index (χ1n) is 12.0. The van der Waals surface area contributed by atoms with Crippen molar-refractivity contribution < 1.29 is 14.0 Å². The fourth-order valence-corrected chi connectivity index (χ4v) is 5.08. The number of carbonyl (C=O) groups is 1. The Morgan fingerprint density at radius 1 is 0.909 bits per heavy atom. The van der Waals surface area contributed by atoms with Crippen LogP contribution in [0.5, 0.6) is 0 Å². The van der Waals surface area contributed by atoms with E-state index < -0.39 is 14.4 Å². The molecular formula is C28H39NO3Si. The van der Waals surface area contributed by atoms with Crippen molar-refractivity contribution in [1.82, 2.24) is 4.90 Å². The van der Waals surface area contributed by atoms with Crippen molar-refractivity contribution in [3.8, 4) is 0 Å². The summed E-state index contributed by atoms with van der Waals surface area (Å²) in [6, 6.07) is 20.2. The minimum Gasteiger partial charge on any atom is -0.412 e. The standard InChI is InChI=1S/C28H39NO3Si/c1-28(2,3)33(4,5)32-25-18-12-13-19-26(31-22-24-16-10-7-11-17-24)27(30)29(21-25)20-23-14-8-6-9-15-23/h6-17,25-26H,18-22H2,1-5H3/b13-12-/t25-,26-/m1/s1. The van der Waals surface area contributed by atoms with E-state index in [1.165, 1.54) is 0 Å². The summed E-state index contributed by atoms with van der Waals surface area (Å²) in [4.78, 5) is 15.6. The van der Waals surface area contributed by atoms with Crippen molar-refractivity contribution in [1.29, 1.82) is 0 Å². The van der Waals surface area contributed by atoms with E-state index >= 15 is 0 Å². The second kappa shape index (κ2) is 11.3. The predicted octanol–water partition coefficient (Wildman–Crippen LogP) is 6.34. The monoisotopic (exact) mass is 465 g/mol. The maximum Gasteiger partial charge on any atom is 0.252 e. The highest BCUT2D eigenvalue weighted by Crippen LogP contribution is 2.38. The third-order valence-corrected chi connectivity index (χ3v) is 11.2. The average molecular weight is 466 g/mol. The smallest absolute Gasteiger partial charge is 0.252 e. The van der Waals surface area contributed by atoms with Gasteiger partial charge >= 0.3 is 0 Å². The third-order valence-electron chi connectivity index (χ3n) is 6.70. The fourth-order valence-electron chi connectivity index (χ4n) is 3.72. The molecule has 1 amide bonds. The minimum atomic E-state index is -1.97. The Kier molecular flexibility index (Phi) is 8.68. The van der Waals surface area contributed by atoms with E-state index in [1.54, 1.807) is 0 Å². The zero-order chi connectivity index (χ0) is 23.9. The van der Waals surface area contributed by atoms with E-state index in [9.17, 15) is 4.79 Å². The number of hydrogen-bond acceptors (Lipinski definition) is 3. The number of hydrogen-bond donors (Lipinski definition) is 0. The van der Waals surface area contributed by atoms with Crippen LogP contribution < -0.4 is 0 Å². The first-order valence-corrected chi connectivity index (χ1v) is 14.9. The van der Waals surface area contributed by atoms with Crippen LogP contribution in [0.1, 0.15) is 44.7 Å². The van der Waals surface area contributed by atoms with Gasteiger partial charge in [-0.3, -0.25) is 4.79 Å². The van der Waals surface area contributed by atoms with Gasteiger partial charge in [0.05, 0.1) is 12.7 Å². The molecule has 1 aliphatic rings. The summed E-state index contributed by atoms with van der Waals surface area (Å²) in [6.45, 7) is 12.9. The van der Waals surface area contributed by atoms with E-state index in [0.29, 0.717) is 26.1 Å². The van der Waals surface area contributed by atoms with Gasteiger partial charge in [0, 0.05) is 19.5 Å². The number of benzene rings is 2. The molecule has 1 heterocycles. The van der Waals surface area contributed by atoms with Crippen LogP contribution in [0.4, 0.5) is 0 Å². The van der Waals surface area contributed by atoms with Crippen LogP contribution >= 0.6 is 0 Å². The van der Waals surface area contributed by atoms with Gasteiger partial charge in [-0.05, 0) is 35.7 Å². The first-order chi connectivity index (χ1) is 15.7. The lowest BCUT2D eigenvalue weighted by Gasteiger charge is -2.40. The third kappa shape index (κ3) is 7.39. The summed E-state index contributed by atoms with van der Waals surface area (Å²) in [6.07, 6.45) is 5.09. The summed E-state index contributed by atoms with van der Waals surface area (Å²) < 4.78 is 12.9. The Morgan fingerprint density at radius 3 is 2.09 bits per heavy atom. The molecule has 0 spiro atoms. The Balaban J connectivity index is 1.80. The first kappa shape index (κ1) is 25.4. The topological polar surface area (TPSA) is 38.8 Å². The summed E-state index contributed by atoms with van der Waals surface area (Å²) in [5.74, 6) is 0.0326. The lowest BCUT2D eigenvalue weighted by atomic mass is 10.1. The highest BCUT2D eigenvalue weighted by Gasteiger charge is 2.40. The van der Waals surface area contributed by atoms with Gasteiger partial charge in [-0.1, -0.05) is 93.6 Å². The van der Waals surface area contributed by atoms with Crippen LogP contribution in [-0.4, -0.2) is 37.9 Å². The van der Waals surface area contributed by atoms with E-state index in [2.05, 4.69) is 58.2 Å². The zero-order valence-electron chi connectivity index (χ0n) is 20.8. The summed E-state index contributed by atoms with van der Waals surface area (Å²) in [7, 11) is -1.97. The van der Waals surface area contributed by atoms with Crippen LogP contribution in [0.3, 0.4) is 0 Å². The van der Waals surface area contributed by atoms with Crippen molar-refractivity contribution in [2.45, 2.75) is 77.1 Å². The summed E-state index contributed by atoms with van der Waals surface area (Å²) >= 11 is 0. The number of amides is 1. The molecule has 4 nitrogen and oxygen atoms in total. The molecule has 2 aromatic carbocycles. The number of nitrogens with zero attached hydrogens (tertiary/aromatic N) is 1. The predicted molar refractivity (Wildman–Crippen MR) is 137 cm³/mol. The van der Waals surface area contributed by atoms with Crippen LogP contribution in [0, 0.1) is 0 Å². The molecule has 0 N–H and O–H groups in total. The van der Waals surface area contributed by atoms with Gasteiger partial charge in [0.25, 0.3) is 5.91 Å². The Morgan fingerprint density at radius 2 is 1.48 bits per heavy atom. The molecule has 0 bridgehead atoms. The van der Waals surface area contributed by atoms with Gasteiger partial charge in [-0.2, -0.15) is 0 Å². The van der Waals surface area contributed by atoms with Crippen molar-refractivity contribution in [3.63, 3.8) is 0 Å². The van der Waals surface area contributed by atoms with Crippen LogP contribution in [0.25, 0.3) is 0 Å². The fraction of sp³-hybridized carbons (Fsp3) is 0.464. The van der Waals surface area contributed by atoms with Crippen LogP contribution in [0.15, 0.2) is 72.8 Å². The molecule has 1 aliphatic heterocycles. The second-order valence-electron chi connectivity index (χ2n) is 10.4. The van der Waals surface area contributed by atoms with Crippen molar-refractivity contribution in [3.05, 3.63) is 83.9 Å². The van der Waals surface area contributed by atoms with Gasteiger partial charge in [-0.15, -0.1) is 0 Å². The highest BCUT2D eigenvalue weighted by atomic mass is 28.4. The maximum absolute atomic E-state index is 13.7. The molecule has 3 rings (SSSR count). The Bertz CT molecular complexity index is 906. The molecule has 0 fully saturated rings. The molecule has 0 saturated heterocycles. The Hall–Kier alpha value is -2.21. The second-order valence-corrected chi connectivity index (χ2v) is 15.2. The van der Waals surface area contributed by atoms with E-state index in [4.69, 9.17) is 9.16 Å². The number of rotatable bonds is 7. The molecule has 0 radical (unpaired) electrons. The molecule has 5 heteroatoms. The van der Waals surface area contributed by atoms with Crippen LogP contribution in [-0.2, 0) is 27.1 Å².